The molecular weight excluding hydrogens is 255 g/mol. The van der Waals surface area contributed by atoms with Crippen molar-refractivity contribution >= 4 is 59.0 Å². The summed E-state index contributed by atoms with van der Waals surface area (Å²) in [7, 11) is -3.80. The predicted molar refractivity (Wildman–Crippen MR) is 34.0 cm³/mol. The van der Waals surface area contributed by atoms with Crippen LogP contribution in [-0.2, 0) is 10.1 Å². The first-order valence-electron chi connectivity index (χ1n) is 1.71. The van der Waals surface area contributed by atoms with Crippen LogP contribution in [0.4, 0.5) is 0 Å². The molecule has 0 aromatic rings. The molecule has 0 saturated heterocycles. The van der Waals surface area contributed by atoms with E-state index >= 15 is 0 Å². The van der Waals surface area contributed by atoms with Gasteiger partial charge in [0.25, 0.3) is 10.1 Å². The quantitative estimate of drug-likeness (QED) is 0.443. The fourth-order valence-electron chi connectivity index (χ4n) is 0.149. The molecule has 3 N–H and O–H groups in total. The Morgan fingerprint density at radius 2 is 1.88 bits per heavy atom. The summed E-state index contributed by atoms with van der Waals surface area (Å²) in [5, 5.41) is 0. The Kier molecular flexibility index (Phi) is 7.96. The van der Waals surface area contributed by atoms with Crippen molar-refractivity contribution in [1.82, 2.24) is 0 Å². The Morgan fingerprint density at radius 1 is 1.50 bits per heavy atom. The third kappa shape index (κ3) is 10.4. The SMILES string of the molecule is NCCS(=O)(=O)O.[BaH2]. The zero-order valence-electron chi connectivity index (χ0n) is 3.66. The Labute approximate surface area is 88.6 Å². The van der Waals surface area contributed by atoms with Gasteiger partial charge in [-0.05, 0) is 0 Å². The molecule has 0 spiro atoms. The molecular formula is C2H9BaNO3S. The third-order valence-corrected chi connectivity index (χ3v) is 1.13. The van der Waals surface area contributed by atoms with E-state index in [1.54, 1.807) is 0 Å². The van der Waals surface area contributed by atoms with Crippen molar-refractivity contribution in [1.29, 1.82) is 0 Å². The predicted octanol–water partition coefficient (Wildman–Crippen LogP) is -2.08. The Hall–Kier alpha value is 1.44. The topological polar surface area (TPSA) is 80.4 Å². The number of nitrogens with two attached hydrogens (primary N) is 1. The molecule has 0 heterocycles. The molecule has 4 nitrogen and oxygen atoms in total. The molecule has 0 aliphatic heterocycles. The van der Waals surface area contributed by atoms with Crippen molar-refractivity contribution in [3.05, 3.63) is 0 Å². The first-order chi connectivity index (χ1) is 3.06. The van der Waals surface area contributed by atoms with Crippen molar-refractivity contribution in [3.63, 3.8) is 0 Å². The summed E-state index contributed by atoms with van der Waals surface area (Å²) in [5.74, 6) is -0.354. The first kappa shape index (κ1) is 12.1. The molecule has 0 atom stereocenters. The minimum absolute atomic E-state index is 0. The van der Waals surface area contributed by atoms with Crippen LogP contribution in [0.1, 0.15) is 0 Å². The molecule has 0 rings (SSSR count). The number of hydrogen-bond acceptors (Lipinski definition) is 3. The summed E-state index contributed by atoms with van der Waals surface area (Å²) in [6, 6.07) is 0. The van der Waals surface area contributed by atoms with Gasteiger partial charge in [-0.3, -0.25) is 4.55 Å². The zero-order chi connectivity index (χ0) is 5.91. The Bertz CT molecular complexity index is 130. The van der Waals surface area contributed by atoms with Gasteiger partial charge in [0.2, 0.25) is 0 Å². The first-order valence-corrected chi connectivity index (χ1v) is 3.32. The summed E-state index contributed by atoms with van der Waals surface area (Å²) in [6.45, 7) is -0.0289. The van der Waals surface area contributed by atoms with E-state index < -0.39 is 10.1 Å². The zero-order valence-corrected chi connectivity index (χ0v) is 4.48. The molecule has 6 heteroatoms. The van der Waals surface area contributed by atoms with Gasteiger partial charge in [0, 0.05) is 6.54 Å². The fourth-order valence-corrected chi connectivity index (χ4v) is 0.447. The Morgan fingerprint density at radius 3 is 1.88 bits per heavy atom. The van der Waals surface area contributed by atoms with Gasteiger partial charge in [-0.2, -0.15) is 8.42 Å². The maximum absolute atomic E-state index is 9.71. The molecule has 0 bridgehead atoms. The molecule has 0 aromatic carbocycles. The second-order valence-corrected chi connectivity index (χ2v) is 2.65. The van der Waals surface area contributed by atoms with Crippen molar-refractivity contribution in [2.24, 2.45) is 5.73 Å². The van der Waals surface area contributed by atoms with E-state index in [9.17, 15) is 8.42 Å². The monoisotopic (exact) mass is 265 g/mol. The Balaban J connectivity index is 0. The van der Waals surface area contributed by atoms with Gasteiger partial charge in [-0.1, -0.05) is 0 Å². The van der Waals surface area contributed by atoms with E-state index in [0.717, 1.165) is 0 Å². The van der Waals surface area contributed by atoms with Gasteiger partial charge in [-0.15, -0.1) is 0 Å². The molecule has 0 unspecified atom stereocenters. The van der Waals surface area contributed by atoms with E-state index in [-0.39, 0.29) is 61.2 Å². The summed E-state index contributed by atoms with van der Waals surface area (Å²) in [4.78, 5) is 0. The van der Waals surface area contributed by atoms with Crippen LogP contribution >= 0.6 is 0 Å². The van der Waals surface area contributed by atoms with E-state index in [0.29, 0.717) is 0 Å². The van der Waals surface area contributed by atoms with Crippen LogP contribution in [0.25, 0.3) is 0 Å². The van der Waals surface area contributed by atoms with E-state index in [1.807, 2.05) is 0 Å². The average molecular weight is 264 g/mol. The second-order valence-electron chi connectivity index (χ2n) is 1.07. The fraction of sp³-hybridized carbons (Fsp3) is 1.00. The van der Waals surface area contributed by atoms with Crippen molar-refractivity contribution in [3.8, 4) is 0 Å². The molecule has 8 heavy (non-hydrogen) atoms. The van der Waals surface area contributed by atoms with Crippen molar-refractivity contribution in [2.45, 2.75) is 0 Å². The van der Waals surface area contributed by atoms with Crippen LogP contribution in [0.15, 0.2) is 0 Å². The molecule has 0 aromatic heterocycles. The molecule has 0 saturated carbocycles. The minimum atomic E-state index is -3.80. The normalized spacial score (nSPS) is 10.2. The van der Waals surface area contributed by atoms with Crippen LogP contribution in [0.2, 0.25) is 0 Å². The van der Waals surface area contributed by atoms with Gasteiger partial charge >= 0.3 is 48.9 Å². The van der Waals surface area contributed by atoms with Crippen molar-refractivity contribution in [2.75, 3.05) is 12.3 Å². The number of hydrogen-bond donors (Lipinski definition) is 2. The summed E-state index contributed by atoms with van der Waals surface area (Å²) in [6.07, 6.45) is 0. The molecule has 0 aliphatic carbocycles. The molecule has 48 valence electrons. The van der Waals surface area contributed by atoms with E-state index in [4.69, 9.17) is 10.3 Å². The van der Waals surface area contributed by atoms with Gasteiger partial charge in [-0.25, -0.2) is 0 Å². The van der Waals surface area contributed by atoms with Gasteiger partial charge in [0.05, 0.1) is 5.75 Å². The molecule has 0 amide bonds. The van der Waals surface area contributed by atoms with Crippen LogP contribution in [0.5, 0.6) is 0 Å². The molecule has 0 aliphatic rings. The van der Waals surface area contributed by atoms with Crippen LogP contribution < -0.4 is 5.73 Å². The standard InChI is InChI=1S/C2H7NO3S.Ba.2H/c3-1-2-7(4,5)6;;;/h1-3H2,(H,4,5,6);;;. The summed E-state index contributed by atoms with van der Waals surface area (Å²) < 4.78 is 27.3. The molecule has 0 radical (unpaired) electrons. The van der Waals surface area contributed by atoms with Gasteiger partial charge in [0.1, 0.15) is 0 Å². The van der Waals surface area contributed by atoms with Crippen molar-refractivity contribution < 1.29 is 13.0 Å². The summed E-state index contributed by atoms with van der Waals surface area (Å²) >= 11 is 0. The average Bonchev–Trinajstić information content (AvgIpc) is 1.30. The summed E-state index contributed by atoms with van der Waals surface area (Å²) in [5.41, 5.74) is 4.78. The van der Waals surface area contributed by atoms with E-state index in [2.05, 4.69) is 0 Å². The van der Waals surface area contributed by atoms with Crippen LogP contribution in [0.3, 0.4) is 0 Å². The maximum atomic E-state index is 9.71. The second kappa shape index (κ2) is 5.24. The van der Waals surface area contributed by atoms with Crippen LogP contribution in [0, 0.1) is 0 Å². The van der Waals surface area contributed by atoms with Gasteiger partial charge < -0.3 is 5.73 Å². The van der Waals surface area contributed by atoms with Gasteiger partial charge in [0.15, 0.2) is 0 Å². The number of rotatable bonds is 2. The third-order valence-electron chi connectivity index (χ3n) is 0.376. The van der Waals surface area contributed by atoms with E-state index in [1.165, 1.54) is 0 Å². The molecule has 0 fully saturated rings. The van der Waals surface area contributed by atoms with Crippen LogP contribution in [-0.4, -0.2) is 74.1 Å².